The van der Waals surface area contributed by atoms with E-state index >= 15 is 0 Å². The number of halogens is 2. The van der Waals surface area contributed by atoms with E-state index in [2.05, 4.69) is 5.32 Å². The number of aromatic nitrogens is 1. The summed E-state index contributed by atoms with van der Waals surface area (Å²) in [5.41, 5.74) is 0.803. The standard InChI is InChI=1S/C19H17FN2O4S.ClH/c1-21-11-13-9-18(16-7-2-3-8-17(16)20)22(12-13)27(25,26)15-6-4-5-14(10-15)19(23)24;/h2-10,12,21H,11H2,1H3,(H,23,24);1H. The molecule has 1 heterocycles. The molecular formula is C19H18ClFN2O4S. The van der Waals surface area contributed by atoms with Gasteiger partial charge in [0.25, 0.3) is 10.0 Å². The van der Waals surface area contributed by atoms with Gasteiger partial charge in [-0.15, -0.1) is 12.4 Å². The van der Waals surface area contributed by atoms with Gasteiger partial charge >= 0.3 is 5.97 Å². The summed E-state index contributed by atoms with van der Waals surface area (Å²) in [5, 5.41) is 12.1. The van der Waals surface area contributed by atoms with Gasteiger partial charge in [0.2, 0.25) is 0 Å². The first-order valence-electron chi connectivity index (χ1n) is 8.04. The van der Waals surface area contributed by atoms with Crippen molar-refractivity contribution in [1.29, 1.82) is 0 Å². The van der Waals surface area contributed by atoms with Crippen LogP contribution in [0, 0.1) is 5.82 Å². The minimum atomic E-state index is -4.13. The molecule has 0 aliphatic heterocycles. The molecule has 0 spiro atoms. The third-order valence-corrected chi connectivity index (χ3v) is 5.68. The van der Waals surface area contributed by atoms with Crippen LogP contribution in [0.5, 0.6) is 0 Å². The van der Waals surface area contributed by atoms with Gasteiger partial charge in [-0.25, -0.2) is 21.6 Å². The number of rotatable bonds is 6. The first-order valence-corrected chi connectivity index (χ1v) is 9.48. The highest BCUT2D eigenvalue weighted by Gasteiger charge is 2.24. The number of benzene rings is 2. The van der Waals surface area contributed by atoms with E-state index in [9.17, 15) is 17.6 Å². The van der Waals surface area contributed by atoms with Gasteiger partial charge < -0.3 is 10.4 Å². The maximum Gasteiger partial charge on any atom is 0.335 e. The number of carbonyl (C=O) groups is 1. The highest BCUT2D eigenvalue weighted by Crippen LogP contribution is 2.29. The first kappa shape index (κ1) is 21.6. The van der Waals surface area contributed by atoms with E-state index in [4.69, 9.17) is 5.11 Å². The highest BCUT2D eigenvalue weighted by atomic mass is 35.5. The fourth-order valence-corrected chi connectivity index (χ4v) is 4.20. The molecule has 0 unspecified atom stereocenters. The Bertz CT molecular complexity index is 1110. The molecule has 0 saturated carbocycles. The summed E-state index contributed by atoms with van der Waals surface area (Å²) in [6, 6.07) is 12.5. The zero-order valence-electron chi connectivity index (χ0n) is 14.8. The molecule has 0 bridgehead atoms. The van der Waals surface area contributed by atoms with Gasteiger partial charge in [-0.3, -0.25) is 0 Å². The second kappa shape index (κ2) is 8.55. The lowest BCUT2D eigenvalue weighted by molar-refractivity contribution is 0.0696. The molecule has 0 radical (unpaired) electrons. The van der Waals surface area contributed by atoms with Gasteiger partial charge in [-0.2, -0.15) is 0 Å². The van der Waals surface area contributed by atoms with Gasteiger partial charge in [0, 0.05) is 18.3 Å². The summed E-state index contributed by atoms with van der Waals surface area (Å²) in [6.07, 6.45) is 1.40. The number of aromatic carboxylic acids is 1. The van der Waals surface area contributed by atoms with Gasteiger partial charge in [-0.05, 0) is 49.0 Å². The second-order valence-electron chi connectivity index (χ2n) is 5.88. The van der Waals surface area contributed by atoms with Crippen molar-refractivity contribution in [3.05, 3.63) is 77.7 Å². The quantitative estimate of drug-likeness (QED) is 0.633. The average Bonchev–Trinajstić information content (AvgIpc) is 3.07. The summed E-state index contributed by atoms with van der Waals surface area (Å²) in [6.45, 7) is 0.388. The number of hydrogen-bond acceptors (Lipinski definition) is 4. The maximum absolute atomic E-state index is 14.3. The minimum Gasteiger partial charge on any atom is -0.478 e. The molecule has 0 aliphatic carbocycles. The van der Waals surface area contributed by atoms with Crippen LogP contribution in [-0.2, 0) is 16.6 Å². The maximum atomic E-state index is 14.3. The summed E-state index contributed by atoms with van der Waals surface area (Å²) in [7, 11) is -2.42. The molecule has 2 aromatic carbocycles. The summed E-state index contributed by atoms with van der Waals surface area (Å²) in [4.78, 5) is 11.0. The van der Waals surface area contributed by atoms with Crippen molar-refractivity contribution in [2.45, 2.75) is 11.4 Å². The van der Waals surface area contributed by atoms with Crippen LogP contribution in [0.3, 0.4) is 0 Å². The van der Waals surface area contributed by atoms with Crippen LogP contribution in [0.15, 0.2) is 65.7 Å². The third kappa shape index (κ3) is 4.09. The van der Waals surface area contributed by atoms with Gasteiger partial charge in [0.05, 0.1) is 16.2 Å². The number of hydrogen-bond donors (Lipinski definition) is 2. The van der Waals surface area contributed by atoms with Crippen molar-refractivity contribution in [3.8, 4) is 11.3 Å². The van der Waals surface area contributed by atoms with Crippen LogP contribution in [0.25, 0.3) is 11.3 Å². The molecule has 1 aromatic heterocycles. The van der Waals surface area contributed by atoms with Gasteiger partial charge in [-0.1, -0.05) is 18.2 Å². The highest BCUT2D eigenvalue weighted by molar-refractivity contribution is 7.90. The first-order chi connectivity index (χ1) is 12.8. The van der Waals surface area contributed by atoms with Crippen LogP contribution in [0.4, 0.5) is 4.39 Å². The average molecular weight is 425 g/mol. The molecule has 3 aromatic rings. The topological polar surface area (TPSA) is 88.4 Å². The van der Waals surface area contributed by atoms with E-state index in [0.717, 1.165) is 10.0 Å². The Kier molecular flexibility index (Phi) is 6.60. The van der Waals surface area contributed by atoms with Crippen LogP contribution >= 0.6 is 12.4 Å². The number of nitrogens with one attached hydrogen (secondary N) is 1. The van der Waals surface area contributed by atoms with E-state index < -0.39 is 21.8 Å². The van der Waals surface area contributed by atoms with Crippen molar-refractivity contribution in [2.75, 3.05) is 7.05 Å². The fourth-order valence-electron chi connectivity index (χ4n) is 2.76. The van der Waals surface area contributed by atoms with Crippen LogP contribution in [0.2, 0.25) is 0 Å². The van der Waals surface area contributed by atoms with Gasteiger partial charge in [0.1, 0.15) is 5.82 Å². The minimum absolute atomic E-state index is 0. The lowest BCUT2D eigenvalue weighted by atomic mass is 10.1. The Morgan fingerprint density at radius 2 is 1.86 bits per heavy atom. The molecule has 3 rings (SSSR count). The van der Waals surface area contributed by atoms with Crippen molar-refractivity contribution < 1.29 is 22.7 Å². The predicted molar refractivity (Wildman–Crippen MR) is 106 cm³/mol. The van der Waals surface area contributed by atoms with Crippen molar-refractivity contribution >= 4 is 28.4 Å². The summed E-state index contributed by atoms with van der Waals surface area (Å²) in [5.74, 6) is -1.79. The normalized spacial score (nSPS) is 11.1. The molecule has 9 heteroatoms. The lowest BCUT2D eigenvalue weighted by Gasteiger charge is -2.11. The van der Waals surface area contributed by atoms with E-state index in [0.29, 0.717) is 12.1 Å². The Morgan fingerprint density at radius 3 is 2.50 bits per heavy atom. The van der Waals surface area contributed by atoms with Crippen LogP contribution < -0.4 is 5.32 Å². The summed E-state index contributed by atoms with van der Waals surface area (Å²) >= 11 is 0. The second-order valence-corrected chi connectivity index (χ2v) is 7.69. The molecule has 0 aliphatic rings. The Labute approximate surface area is 168 Å². The molecule has 6 nitrogen and oxygen atoms in total. The molecular weight excluding hydrogens is 407 g/mol. The SMILES string of the molecule is CNCc1cc(-c2ccccc2F)n(S(=O)(=O)c2cccc(C(=O)O)c2)c1.Cl. The molecule has 0 fully saturated rings. The zero-order valence-corrected chi connectivity index (χ0v) is 16.4. The largest absolute Gasteiger partial charge is 0.478 e. The molecule has 0 saturated heterocycles. The Balaban J connectivity index is 0.00000280. The smallest absolute Gasteiger partial charge is 0.335 e. The van der Waals surface area contributed by atoms with E-state index in [1.807, 2.05) is 0 Å². The van der Waals surface area contributed by atoms with Crippen molar-refractivity contribution in [2.24, 2.45) is 0 Å². The Hall–Kier alpha value is -2.68. The lowest BCUT2D eigenvalue weighted by Crippen LogP contribution is -2.14. The molecule has 148 valence electrons. The molecule has 0 atom stereocenters. The number of carboxylic acid groups (broad SMARTS) is 1. The summed E-state index contributed by atoms with van der Waals surface area (Å²) < 4.78 is 41.6. The monoisotopic (exact) mass is 424 g/mol. The van der Waals surface area contributed by atoms with Crippen LogP contribution in [0.1, 0.15) is 15.9 Å². The van der Waals surface area contributed by atoms with E-state index in [1.54, 1.807) is 19.2 Å². The molecule has 28 heavy (non-hydrogen) atoms. The zero-order chi connectivity index (χ0) is 19.6. The van der Waals surface area contributed by atoms with Crippen molar-refractivity contribution in [1.82, 2.24) is 9.29 Å². The third-order valence-electron chi connectivity index (χ3n) is 4.01. The van der Waals surface area contributed by atoms with Crippen LogP contribution in [-0.4, -0.2) is 30.5 Å². The van der Waals surface area contributed by atoms with Crippen molar-refractivity contribution in [3.63, 3.8) is 0 Å². The molecule has 0 amide bonds. The molecule has 2 N–H and O–H groups in total. The Morgan fingerprint density at radius 1 is 1.14 bits per heavy atom. The van der Waals surface area contributed by atoms with E-state index in [1.165, 1.54) is 42.6 Å². The number of nitrogens with zero attached hydrogens (tertiary/aromatic N) is 1. The predicted octanol–water partition coefficient (Wildman–Crippen LogP) is 3.37. The van der Waals surface area contributed by atoms with E-state index in [-0.39, 0.29) is 34.1 Å². The van der Waals surface area contributed by atoms with Gasteiger partial charge in [0.15, 0.2) is 0 Å². The fraction of sp³-hybridized carbons (Fsp3) is 0.105. The number of carboxylic acids is 1.